The van der Waals surface area contributed by atoms with Crippen molar-refractivity contribution in [3.63, 3.8) is 0 Å². The molecule has 138 valence electrons. The quantitative estimate of drug-likeness (QED) is 0.645. The molecule has 1 aliphatic rings. The lowest BCUT2D eigenvalue weighted by Gasteiger charge is -2.29. The topological polar surface area (TPSA) is 24.8 Å². The summed E-state index contributed by atoms with van der Waals surface area (Å²) < 4.78 is 6.04. The molecular weight excluding hydrogens is 340 g/mol. The minimum absolute atomic E-state index is 0.0805. The van der Waals surface area contributed by atoms with Gasteiger partial charge in [0, 0.05) is 17.5 Å². The zero-order chi connectivity index (χ0) is 18.9. The van der Waals surface area contributed by atoms with Crippen molar-refractivity contribution in [2.75, 3.05) is 10.7 Å². The van der Waals surface area contributed by atoms with Crippen molar-refractivity contribution >= 4 is 22.6 Å². The van der Waals surface area contributed by atoms with Crippen molar-refractivity contribution < 1.29 is 4.74 Å². The van der Waals surface area contributed by atoms with Gasteiger partial charge in [-0.1, -0.05) is 30.0 Å². The van der Waals surface area contributed by atoms with E-state index in [1.165, 1.54) is 16.8 Å². The van der Waals surface area contributed by atoms with Crippen LogP contribution in [0.25, 0.3) is 0 Å². The smallest absolute Gasteiger partial charge is 0.164 e. The third-order valence-corrected chi connectivity index (χ3v) is 5.41. The van der Waals surface area contributed by atoms with Crippen LogP contribution in [0.3, 0.4) is 0 Å². The minimum Gasteiger partial charge on any atom is -0.457 e. The van der Waals surface area contributed by atoms with Crippen LogP contribution in [0.2, 0.25) is 0 Å². The highest BCUT2D eigenvalue weighted by Crippen LogP contribution is 2.38. The molecule has 1 saturated heterocycles. The Hall–Kier alpha value is -1.94. The Bertz CT molecular complexity index is 786. The van der Waals surface area contributed by atoms with Gasteiger partial charge in [0.1, 0.15) is 11.5 Å². The Balaban J connectivity index is 1.96. The van der Waals surface area contributed by atoms with Crippen molar-refractivity contribution in [2.45, 2.75) is 53.1 Å². The van der Waals surface area contributed by atoms with E-state index in [4.69, 9.17) is 9.73 Å². The summed E-state index contributed by atoms with van der Waals surface area (Å²) in [5.74, 6) is 2.80. The number of anilines is 1. The van der Waals surface area contributed by atoms with Gasteiger partial charge in [0.25, 0.3) is 0 Å². The first-order valence-electron chi connectivity index (χ1n) is 9.10. The molecule has 3 rings (SSSR count). The second-order valence-corrected chi connectivity index (χ2v) is 8.90. The lowest BCUT2D eigenvalue weighted by molar-refractivity contribution is 0.482. The van der Waals surface area contributed by atoms with Crippen molar-refractivity contribution in [1.82, 2.24) is 0 Å². The first kappa shape index (κ1) is 18.8. The molecular formula is C22H28N2OS. The zero-order valence-corrected chi connectivity index (χ0v) is 17.4. The Morgan fingerprint density at radius 2 is 1.65 bits per heavy atom. The van der Waals surface area contributed by atoms with Gasteiger partial charge in [0.15, 0.2) is 5.17 Å². The summed E-state index contributed by atoms with van der Waals surface area (Å²) in [4.78, 5) is 7.36. The van der Waals surface area contributed by atoms with Gasteiger partial charge in [-0.15, -0.1) is 0 Å². The Kier molecular flexibility index (Phi) is 5.33. The predicted molar refractivity (Wildman–Crippen MR) is 114 cm³/mol. The van der Waals surface area contributed by atoms with E-state index in [2.05, 4.69) is 58.6 Å². The number of amidine groups is 1. The molecule has 1 aliphatic heterocycles. The van der Waals surface area contributed by atoms with Crippen LogP contribution in [0.4, 0.5) is 5.69 Å². The van der Waals surface area contributed by atoms with E-state index < -0.39 is 0 Å². The van der Waals surface area contributed by atoms with E-state index in [0.717, 1.165) is 22.4 Å². The van der Waals surface area contributed by atoms with Gasteiger partial charge >= 0.3 is 0 Å². The number of ether oxygens (including phenoxy) is 1. The number of rotatable bonds is 3. The molecule has 0 amide bonds. The SMILES string of the molecule is Cc1cc(Oc2ccccc2)cc(C)c1N1C(=NC(C)(C)C)SCC1C. The molecule has 0 aliphatic carbocycles. The molecule has 26 heavy (non-hydrogen) atoms. The van der Waals surface area contributed by atoms with Gasteiger partial charge < -0.3 is 9.64 Å². The molecule has 0 aromatic heterocycles. The van der Waals surface area contributed by atoms with E-state index in [9.17, 15) is 0 Å². The number of nitrogens with zero attached hydrogens (tertiary/aromatic N) is 2. The molecule has 1 fully saturated rings. The first-order chi connectivity index (χ1) is 12.2. The summed E-state index contributed by atoms with van der Waals surface area (Å²) in [6.45, 7) is 13.0. The van der Waals surface area contributed by atoms with Crippen LogP contribution >= 0.6 is 11.8 Å². The van der Waals surface area contributed by atoms with Crippen LogP contribution in [0.5, 0.6) is 11.5 Å². The molecule has 1 unspecified atom stereocenters. The van der Waals surface area contributed by atoms with Crippen molar-refractivity contribution in [3.05, 3.63) is 53.6 Å². The van der Waals surface area contributed by atoms with Gasteiger partial charge in [0.2, 0.25) is 0 Å². The van der Waals surface area contributed by atoms with Crippen molar-refractivity contribution in [2.24, 2.45) is 4.99 Å². The standard InChI is InChI=1S/C22H28N2OS/c1-15-12-19(25-18-10-8-7-9-11-18)13-16(2)20(15)24-17(3)14-26-21(24)23-22(4,5)6/h7-13,17H,14H2,1-6H3. The van der Waals surface area contributed by atoms with Crippen LogP contribution in [-0.2, 0) is 0 Å². The lowest BCUT2D eigenvalue weighted by atomic mass is 10.1. The fourth-order valence-electron chi connectivity index (χ4n) is 3.20. The number of hydrogen-bond donors (Lipinski definition) is 0. The number of hydrogen-bond acceptors (Lipinski definition) is 3. The summed E-state index contributed by atoms with van der Waals surface area (Å²) in [6, 6.07) is 14.6. The fraction of sp³-hybridized carbons (Fsp3) is 0.409. The molecule has 1 atom stereocenters. The van der Waals surface area contributed by atoms with Crippen LogP contribution in [-0.4, -0.2) is 22.5 Å². The second-order valence-electron chi connectivity index (χ2n) is 7.92. The number of aliphatic imine (C=N–C) groups is 1. The van der Waals surface area contributed by atoms with Gasteiger partial charge in [-0.3, -0.25) is 4.99 Å². The highest BCUT2D eigenvalue weighted by molar-refractivity contribution is 8.14. The maximum Gasteiger partial charge on any atom is 0.164 e. The van der Waals surface area contributed by atoms with Crippen LogP contribution < -0.4 is 9.64 Å². The van der Waals surface area contributed by atoms with Gasteiger partial charge in [0.05, 0.1) is 5.54 Å². The van der Waals surface area contributed by atoms with Gasteiger partial charge in [-0.25, -0.2) is 0 Å². The third kappa shape index (κ3) is 4.24. The molecule has 1 heterocycles. The van der Waals surface area contributed by atoms with Gasteiger partial charge in [-0.2, -0.15) is 0 Å². The normalized spacial score (nSPS) is 19.2. The highest BCUT2D eigenvalue weighted by Gasteiger charge is 2.31. The molecule has 0 radical (unpaired) electrons. The molecule has 0 spiro atoms. The number of aryl methyl sites for hydroxylation is 2. The van der Waals surface area contributed by atoms with E-state index >= 15 is 0 Å². The van der Waals surface area contributed by atoms with Crippen molar-refractivity contribution in [3.8, 4) is 11.5 Å². The predicted octanol–water partition coefficient (Wildman–Crippen LogP) is 6.19. The average molecular weight is 369 g/mol. The first-order valence-corrected chi connectivity index (χ1v) is 10.1. The van der Waals surface area contributed by atoms with Crippen LogP contribution in [0.15, 0.2) is 47.5 Å². The van der Waals surface area contributed by atoms with E-state index in [1.807, 2.05) is 42.1 Å². The van der Waals surface area contributed by atoms with E-state index in [1.54, 1.807) is 0 Å². The molecule has 0 N–H and O–H groups in total. The Morgan fingerprint density at radius 3 is 2.23 bits per heavy atom. The number of para-hydroxylation sites is 1. The summed E-state index contributed by atoms with van der Waals surface area (Å²) in [5, 5.41) is 1.12. The number of thioether (sulfide) groups is 1. The van der Waals surface area contributed by atoms with Crippen LogP contribution in [0.1, 0.15) is 38.8 Å². The summed E-state index contributed by atoms with van der Waals surface area (Å²) in [5.41, 5.74) is 3.60. The lowest BCUT2D eigenvalue weighted by Crippen LogP contribution is -2.34. The second kappa shape index (κ2) is 7.36. The third-order valence-electron chi connectivity index (χ3n) is 4.22. The van der Waals surface area contributed by atoms with Crippen LogP contribution in [0, 0.1) is 13.8 Å². The Morgan fingerprint density at radius 1 is 1.04 bits per heavy atom. The summed E-state index contributed by atoms with van der Waals surface area (Å²) in [6.07, 6.45) is 0. The average Bonchev–Trinajstić information content (AvgIpc) is 2.87. The summed E-state index contributed by atoms with van der Waals surface area (Å²) in [7, 11) is 0. The number of benzene rings is 2. The molecule has 2 aromatic rings. The zero-order valence-electron chi connectivity index (χ0n) is 16.5. The summed E-state index contributed by atoms with van der Waals surface area (Å²) >= 11 is 1.85. The van der Waals surface area contributed by atoms with Gasteiger partial charge in [-0.05, 0) is 76.9 Å². The maximum atomic E-state index is 6.04. The highest BCUT2D eigenvalue weighted by atomic mass is 32.2. The van der Waals surface area contributed by atoms with Crippen molar-refractivity contribution in [1.29, 1.82) is 0 Å². The maximum absolute atomic E-state index is 6.04. The van der Waals surface area contributed by atoms with E-state index in [0.29, 0.717) is 6.04 Å². The van der Waals surface area contributed by atoms with E-state index in [-0.39, 0.29) is 5.54 Å². The minimum atomic E-state index is -0.0805. The monoisotopic (exact) mass is 368 g/mol. The fourth-order valence-corrected chi connectivity index (χ4v) is 4.48. The molecule has 0 saturated carbocycles. The molecule has 3 nitrogen and oxygen atoms in total. The largest absolute Gasteiger partial charge is 0.457 e. The Labute approximate surface area is 161 Å². The molecule has 0 bridgehead atoms. The molecule has 4 heteroatoms. The molecule has 2 aromatic carbocycles.